The first-order valence-electron chi connectivity index (χ1n) is 15.8. The number of nitrogens with zero attached hydrogens (tertiary/aromatic N) is 3. The Labute approximate surface area is 267 Å². The van der Waals surface area contributed by atoms with Crippen LogP contribution in [0.2, 0.25) is 0 Å². The van der Waals surface area contributed by atoms with Gasteiger partial charge >= 0.3 is 0 Å². The van der Waals surface area contributed by atoms with E-state index in [1.807, 2.05) is 0 Å². The van der Waals surface area contributed by atoms with Crippen molar-refractivity contribution in [3.05, 3.63) is 175 Å². The van der Waals surface area contributed by atoms with Crippen LogP contribution in [-0.2, 0) is 0 Å². The van der Waals surface area contributed by atoms with Crippen LogP contribution in [-0.4, -0.2) is 9.13 Å². The summed E-state index contributed by atoms with van der Waals surface area (Å²) in [6.07, 6.45) is 0. The van der Waals surface area contributed by atoms with Gasteiger partial charge in [0.05, 0.1) is 22.1 Å². The number of hydrogen-bond donors (Lipinski definition) is 0. The molecule has 0 spiro atoms. The van der Waals surface area contributed by atoms with Gasteiger partial charge in [-0.2, -0.15) is 0 Å². The minimum Gasteiger partial charge on any atom is -0.310 e. The van der Waals surface area contributed by atoms with Gasteiger partial charge < -0.3 is 14.0 Å². The molecule has 2 heterocycles. The lowest BCUT2D eigenvalue weighted by Crippen LogP contribution is -2.11. The van der Waals surface area contributed by atoms with Crippen molar-refractivity contribution in [1.29, 1.82) is 0 Å². The van der Waals surface area contributed by atoms with Crippen molar-refractivity contribution >= 4 is 60.7 Å². The Bertz CT molecular complexity index is 2500. The van der Waals surface area contributed by atoms with Crippen LogP contribution in [0.5, 0.6) is 0 Å². The minimum atomic E-state index is 1.12. The van der Waals surface area contributed by atoms with Crippen LogP contribution in [0.4, 0.5) is 17.1 Å². The Hall–Kier alpha value is -6.06. The van der Waals surface area contributed by atoms with E-state index in [0.29, 0.717) is 0 Å². The lowest BCUT2D eigenvalue weighted by molar-refractivity contribution is 1.16. The van der Waals surface area contributed by atoms with E-state index in [-0.39, 0.29) is 0 Å². The van der Waals surface area contributed by atoms with Crippen molar-refractivity contribution in [2.45, 2.75) is 6.92 Å². The third-order valence-corrected chi connectivity index (χ3v) is 9.21. The molecule has 0 aliphatic rings. The van der Waals surface area contributed by atoms with E-state index in [2.05, 4.69) is 191 Å². The molecule has 0 saturated carbocycles. The molecule has 3 heteroatoms. The highest BCUT2D eigenvalue weighted by Gasteiger charge is 2.18. The monoisotopic (exact) mass is 589 g/mol. The molecule has 0 atom stereocenters. The Morgan fingerprint density at radius 2 is 0.870 bits per heavy atom. The average Bonchev–Trinajstić information content (AvgIpc) is 3.63. The van der Waals surface area contributed by atoms with Gasteiger partial charge in [0.1, 0.15) is 0 Å². The lowest BCUT2D eigenvalue weighted by Gasteiger charge is -2.27. The topological polar surface area (TPSA) is 13.1 Å². The molecule has 218 valence electrons. The zero-order chi connectivity index (χ0) is 30.6. The van der Waals surface area contributed by atoms with Crippen LogP contribution in [0.3, 0.4) is 0 Å². The van der Waals surface area contributed by atoms with E-state index in [1.54, 1.807) is 0 Å². The Morgan fingerprint density at radius 3 is 1.52 bits per heavy atom. The molecule has 46 heavy (non-hydrogen) atoms. The van der Waals surface area contributed by atoms with E-state index < -0.39 is 0 Å². The van der Waals surface area contributed by atoms with E-state index in [0.717, 1.165) is 22.7 Å². The minimum absolute atomic E-state index is 1.12. The molecule has 0 unspecified atom stereocenters. The van der Waals surface area contributed by atoms with Crippen molar-refractivity contribution in [3.63, 3.8) is 0 Å². The maximum atomic E-state index is 2.41. The van der Waals surface area contributed by atoms with E-state index in [4.69, 9.17) is 0 Å². The summed E-state index contributed by atoms with van der Waals surface area (Å²) in [6, 6.07) is 61.2. The zero-order valence-electron chi connectivity index (χ0n) is 25.5. The second-order valence-corrected chi connectivity index (χ2v) is 11.9. The third-order valence-electron chi connectivity index (χ3n) is 9.21. The average molecular weight is 590 g/mol. The number of aromatic nitrogens is 2. The first-order chi connectivity index (χ1) is 22.8. The third kappa shape index (κ3) is 4.06. The highest BCUT2D eigenvalue weighted by molar-refractivity contribution is 6.12. The molecule has 9 aromatic rings. The molecule has 0 aliphatic carbocycles. The second kappa shape index (κ2) is 10.5. The number of fused-ring (bicyclic) bond motifs is 6. The van der Waals surface area contributed by atoms with Crippen LogP contribution in [0.1, 0.15) is 5.56 Å². The number of benzene rings is 7. The predicted molar refractivity (Wildman–Crippen MR) is 195 cm³/mol. The SMILES string of the molecule is Cc1ccccc1N(c1ccccc1)c1cccc(-n2c3ccccc3c3cc(-n4c5ccccc5c5ccccc54)ccc32)c1. The quantitative estimate of drug-likeness (QED) is 0.195. The van der Waals surface area contributed by atoms with Gasteiger partial charge in [0.25, 0.3) is 0 Å². The molecule has 3 nitrogen and oxygen atoms in total. The van der Waals surface area contributed by atoms with Gasteiger partial charge in [-0.3, -0.25) is 0 Å². The molecule has 0 saturated heterocycles. The summed E-state index contributed by atoms with van der Waals surface area (Å²) in [5.41, 5.74) is 11.8. The van der Waals surface area contributed by atoms with Crippen LogP contribution >= 0.6 is 0 Å². The largest absolute Gasteiger partial charge is 0.310 e. The van der Waals surface area contributed by atoms with Crippen molar-refractivity contribution in [2.75, 3.05) is 4.90 Å². The molecule has 0 amide bonds. The molecule has 2 aromatic heterocycles. The summed E-state index contributed by atoms with van der Waals surface area (Å²) in [5.74, 6) is 0. The smallest absolute Gasteiger partial charge is 0.0542 e. The van der Waals surface area contributed by atoms with Crippen molar-refractivity contribution < 1.29 is 0 Å². The molecular formula is C43H31N3. The first-order valence-corrected chi connectivity index (χ1v) is 15.8. The van der Waals surface area contributed by atoms with Gasteiger partial charge in [0.15, 0.2) is 0 Å². The Balaban J connectivity index is 1.26. The Kier molecular flexibility index (Phi) is 6.04. The molecule has 9 rings (SSSR count). The summed E-state index contributed by atoms with van der Waals surface area (Å²) in [5, 5.41) is 5.02. The van der Waals surface area contributed by atoms with Gasteiger partial charge in [-0.25, -0.2) is 0 Å². The molecule has 0 radical (unpaired) electrons. The molecule has 0 N–H and O–H groups in total. The van der Waals surface area contributed by atoms with Crippen molar-refractivity contribution in [1.82, 2.24) is 9.13 Å². The van der Waals surface area contributed by atoms with Gasteiger partial charge in [-0.15, -0.1) is 0 Å². The van der Waals surface area contributed by atoms with Crippen LogP contribution in [0.15, 0.2) is 170 Å². The standard InChI is InChI=1S/C43H31N3/c1-30-14-5-9-22-39(30)44(31-15-3-2-4-16-31)32-17-13-18-33(28-32)45-42-25-12-8-21-37(42)38-29-34(26-27-43(38)45)46-40-23-10-6-19-35(40)36-20-7-11-24-41(36)46/h2-29H,1H3. The summed E-state index contributed by atoms with van der Waals surface area (Å²) in [7, 11) is 0. The Morgan fingerprint density at radius 1 is 0.370 bits per heavy atom. The fourth-order valence-electron chi connectivity index (χ4n) is 7.17. The van der Waals surface area contributed by atoms with Crippen LogP contribution in [0, 0.1) is 6.92 Å². The van der Waals surface area contributed by atoms with Crippen LogP contribution < -0.4 is 4.90 Å². The highest BCUT2D eigenvalue weighted by Crippen LogP contribution is 2.40. The lowest BCUT2D eigenvalue weighted by atomic mass is 10.1. The summed E-state index contributed by atoms with van der Waals surface area (Å²) >= 11 is 0. The number of para-hydroxylation sites is 5. The normalized spacial score (nSPS) is 11.6. The van der Waals surface area contributed by atoms with Gasteiger partial charge in [-0.1, -0.05) is 97.1 Å². The van der Waals surface area contributed by atoms with Gasteiger partial charge in [-0.05, 0) is 85.3 Å². The molecule has 0 bridgehead atoms. The molecule has 7 aromatic carbocycles. The van der Waals surface area contributed by atoms with E-state index in [9.17, 15) is 0 Å². The maximum absolute atomic E-state index is 2.41. The van der Waals surface area contributed by atoms with Crippen LogP contribution in [0.25, 0.3) is 55.0 Å². The highest BCUT2D eigenvalue weighted by atomic mass is 15.1. The molecule has 0 aliphatic heterocycles. The number of anilines is 3. The summed E-state index contributed by atoms with van der Waals surface area (Å²) < 4.78 is 4.81. The van der Waals surface area contributed by atoms with Crippen molar-refractivity contribution in [2.24, 2.45) is 0 Å². The number of aryl methyl sites for hydroxylation is 1. The fourth-order valence-corrected chi connectivity index (χ4v) is 7.17. The van der Waals surface area contributed by atoms with E-state index >= 15 is 0 Å². The molecular weight excluding hydrogens is 558 g/mol. The first kappa shape index (κ1) is 26.4. The number of hydrogen-bond acceptors (Lipinski definition) is 1. The maximum Gasteiger partial charge on any atom is 0.0542 e. The fraction of sp³-hybridized carbons (Fsp3) is 0.0233. The van der Waals surface area contributed by atoms with Gasteiger partial charge in [0, 0.05) is 50.0 Å². The van der Waals surface area contributed by atoms with E-state index in [1.165, 1.54) is 54.9 Å². The van der Waals surface area contributed by atoms with Gasteiger partial charge in [0.2, 0.25) is 0 Å². The predicted octanol–water partition coefficient (Wildman–Crippen LogP) is 11.7. The summed E-state index contributed by atoms with van der Waals surface area (Å²) in [4.78, 5) is 2.35. The van der Waals surface area contributed by atoms with Crippen molar-refractivity contribution in [3.8, 4) is 11.4 Å². The second-order valence-electron chi connectivity index (χ2n) is 11.9. The molecule has 0 fully saturated rings. The zero-order valence-corrected chi connectivity index (χ0v) is 25.5. The number of rotatable bonds is 5. The summed E-state index contributed by atoms with van der Waals surface area (Å²) in [6.45, 7) is 2.18.